The molecule has 3 aromatic rings. The van der Waals surface area contributed by atoms with Crippen LogP contribution in [0.15, 0.2) is 59.2 Å². The van der Waals surface area contributed by atoms with Gasteiger partial charge in [0, 0.05) is 52.7 Å². The van der Waals surface area contributed by atoms with Gasteiger partial charge in [-0.1, -0.05) is 28.1 Å². The summed E-state index contributed by atoms with van der Waals surface area (Å²) in [6.45, 7) is 1.58. The summed E-state index contributed by atoms with van der Waals surface area (Å²) in [6, 6.07) is 13.7. The Hall–Kier alpha value is -2.51. The van der Waals surface area contributed by atoms with E-state index in [-0.39, 0.29) is 17.8 Å². The van der Waals surface area contributed by atoms with Crippen LogP contribution in [0, 0.1) is 17.7 Å². The van der Waals surface area contributed by atoms with Gasteiger partial charge in [0.05, 0.1) is 5.52 Å². The Morgan fingerprint density at radius 2 is 1.90 bits per heavy atom. The van der Waals surface area contributed by atoms with Gasteiger partial charge in [0.15, 0.2) is 6.10 Å². The van der Waals surface area contributed by atoms with Gasteiger partial charge >= 0.3 is 0 Å². The first-order chi connectivity index (χ1) is 14.0. The highest BCUT2D eigenvalue weighted by Crippen LogP contribution is 2.47. The summed E-state index contributed by atoms with van der Waals surface area (Å²) in [5, 5.41) is 14.1. The molecule has 3 unspecified atom stereocenters. The average molecular weight is 456 g/mol. The number of halogens is 2. The molecule has 0 bridgehead atoms. The summed E-state index contributed by atoms with van der Waals surface area (Å²) in [6.07, 6.45) is 0.570. The average Bonchev–Trinajstić information content (AvgIpc) is 3.15. The number of fused-ring (bicyclic) bond motifs is 2. The van der Waals surface area contributed by atoms with E-state index in [0.717, 1.165) is 34.2 Å². The highest BCUT2D eigenvalue weighted by molar-refractivity contribution is 9.10. The van der Waals surface area contributed by atoms with Crippen molar-refractivity contribution in [3.05, 3.63) is 70.6 Å². The number of aromatic nitrogens is 1. The number of hydrogen-bond donors (Lipinski definition) is 2. The number of pyridine rings is 1. The molecular formula is C22H19BrFN3O2. The summed E-state index contributed by atoms with van der Waals surface area (Å²) < 4.78 is 14.6. The van der Waals surface area contributed by atoms with Crippen molar-refractivity contribution in [2.24, 2.45) is 11.8 Å². The lowest BCUT2D eigenvalue weighted by molar-refractivity contribution is -0.129. The summed E-state index contributed by atoms with van der Waals surface area (Å²) in [7, 11) is 0. The molecule has 1 saturated heterocycles. The van der Waals surface area contributed by atoms with Gasteiger partial charge in [-0.2, -0.15) is 0 Å². The number of hydrogen-bond acceptors (Lipinski definition) is 4. The minimum absolute atomic E-state index is 0.0775. The molecule has 2 N–H and O–H groups in total. The van der Waals surface area contributed by atoms with E-state index in [1.807, 2.05) is 6.07 Å². The number of amides is 1. The summed E-state index contributed by atoms with van der Waals surface area (Å²) in [4.78, 5) is 19.0. The van der Waals surface area contributed by atoms with Crippen LogP contribution < -0.4 is 10.2 Å². The zero-order valence-electron chi connectivity index (χ0n) is 15.4. The van der Waals surface area contributed by atoms with Crippen LogP contribution >= 0.6 is 15.9 Å². The second kappa shape index (κ2) is 7.07. The second-order valence-electron chi connectivity index (χ2n) is 7.71. The highest BCUT2D eigenvalue weighted by atomic mass is 79.9. The molecule has 5 rings (SSSR count). The van der Waals surface area contributed by atoms with Crippen molar-refractivity contribution < 1.29 is 14.3 Å². The van der Waals surface area contributed by atoms with Crippen LogP contribution in [0.25, 0.3) is 10.9 Å². The Morgan fingerprint density at radius 3 is 2.62 bits per heavy atom. The number of benzene rings is 2. The van der Waals surface area contributed by atoms with Gasteiger partial charge < -0.3 is 15.3 Å². The predicted octanol–water partition coefficient (Wildman–Crippen LogP) is 3.42. The summed E-state index contributed by atoms with van der Waals surface area (Å²) in [5.74, 6) is 0.0403. The van der Waals surface area contributed by atoms with Crippen LogP contribution in [0.4, 0.5) is 10.1 Å². The maximum absolute atomic E-state index is 13.7. The molecule has 29 heavy (non-hydrogen) atoms. The molecule has 1 aliphatic carbocycles. The third-order valence-electron chi connectivity index (χ3n) is 5.96. The van der Waals surface area contributed by atoms with Gasteiger partial charge in [0.25, 0.3) is 5.91 Å². The largest absolute Gasteiger partial charge is 0.378 e. The van der Waals surface area contributed by atoms with E-state index in [0.29, 0.717) is 17.4 Å². The number of carbonyl (C=O) groups excluding carboxylic acids is 1. The second-order valence-corrected chi connectivity index (χ2v) is 8.63. The standard InChI is InChI=1S/C22H19BrFN3O2/c23-13-3-1-12(2-4-13)21(28)22(29)26-20-16-10-27(11-17(16)20)19-7-8-25-18-6-5-14(24)9-15(18)19/h1-9,16-17,20-21,28H,10-11H2,(H,26,29). The molecule has 0 radical (unpaired) electrons. The number of nitrogens with zero attached hydrogens (tertiary/aromatic N) is 2. The normalized spacial score (nSPS) is 23.7. The monoisotopic (exact) mass is 455 g/mol. The molecule has 1 amide bonds. The Kier molecular flexibility index (Phi) is 4.52. The fourth-order valence-electron chi connectivity index (χ4n) is 4.36. The van der Waals surface area contributed by atoms with Crippen LogP contribution in [0.3, 0.4) is 0 Å². The van der Waals surface area contributed by atoms with Crippen molar-refractivity contribution in [1.82, 2.24) is 10.3 Å². The fourth-order valence-corrected chi connectivity index (χ4v) is 4.62. The van der Waals surface area contributed by atoms with Gasteiger partial charge in [0.2, 0.25) is 0 Å². The molecular weight excluding hydrogens is 437 g/mol. The van der Waals surface area contributed by atoms with E-state index in [1.165, 1.54) is 12.1 Å². The first kappa shape index (κ1) is 18.5. The number of piperidine rings is 1. The molecule has 1 aliphatic heterocycles. The molecule has 2 aliphatic rings. The van der Waals surface area contributed by atoms with Crippen molar-refractivity contribution in [3.8, 4) is 0 Å². The van der Waals surface area contributed by atoms with Crippen molar-refractivity contribution >= 4 is 38.4 Å². The van der Waals surface area contributed by atoms with Gasteiger partial charge in [-0.25, -0.2) is 4.39 Å². The molecule has 1 aromatic heterocycles. The number of aliphatic hydroxyl groups is 1. The SMILES string of the molecule is O=C(NC1C2CN(c3ccnc4ccc(F)cc34)CC21)C(O)c1ccc(Br)cc1. The van der Waals surface area contributed by atoms with Crippen LogP contribution in [0.5, 0.6) is 0 Å². The van der Waals surface area contributed by atoms with E-state index in [9.17, 15) is 14.3 Å². The quantitative estimate of drug-likeness (QED) is 0.632. The minimum atomic E-state index is -1.17. The lowest BCUT2D eigenvalue weighted by Crippen LogP contribution is -2.37. The Balaban J connectivity index is 1.24. The van der Waals surface area contributed by atoms with Crippen molar-refractivity contribution in [2.75, 3.05) is 18.0 Å². The number of carbonyl (C=O) groups is 1. The fraction of sp³-hybridized carbons (Fsp3) is 0.273. The van der Waals surface area contributed by atoms with Crippen molar-refractivity contribution in [1.29, 1.82) is 0 Å². The first-order valence-electron chi connectivity index (χ1n) is 9.54. The predicted molar refractivity (Wildman–Crippen MR) is 112 cm³/mol. The van der Waals surface area contributed by atoms with Gasteiger partial charge in [-0.3, -0.25) is 9.78 Å². The van der Waals surface area contributed by atoms with E-state index < -0.39 is 6.10 Å². The molecule has 5 nitrogen and oxygen atoms in total. The number of nitrogens with one attached hydrogen (secondary N) is 1. The molecule has 2 heterocycles. The van der Waals surface area contributed by atoms with Gasteiger partial charge in [-0.05, 0) is 42.0 Å². The molecule has 7 heteroatoms. The first-order valence-corrected chi connectivity index (χ1v) is 10.3. The molecule has 0 spiro atoms. The molecule has 1 saturated carbocycles. The molecule has 2 fully saturated rings. The van der Waals surface area contributed by atoms with Crippen LogP contribution in [-0.2, 0) is 4.79 Å². The molecule has 148 valence electrons. The minimum Gasteiger partial charge on any atom is -0.378 e. The summed E-state index contributed by atoms with van der Waals surface area (Å²) >= 11 is 3.35. The van der Waals surface area contributed by atoms with Crippen LogP contribution in [0.2, 0.25) is 0 Å². The Morgan fingerprint density at radius 1 is 1.17 bits per heavy atom. The topological polar surface area (TPSA) is 65.5 Å². The maximum atomic E-state index is 13.7. The van der Waals surface area contributed by atoms with E-state index in [2.05, 4.69) is 31.1 Å². The Labute approximate surface area is 175 Å². The van der Waals surface area contributed by atoms with Gasteiger partial charge in [0.1, 0.15) is 5.82 Å². The third kappa shape index (κ3) is 3.38. The van der Waals surface area contributed by atoms with Crippen LogP contribution in [0.1, 0.15) is 11.7 Å². The highest BCUT2D eigenvalue weighted by Gasteiger charge is 2.56. The number of aliphatic hydroxyl groups excluding tert-OH is 1. The lowest BCUT2D eigenvalue weighted by atomic mass is 10.1. The van der Waals surface area contributed by atoms with E-state index in [1.54, 1.807) is 36.5 Å². The molecule has 3 atom stereocenters. The smallest absolute Gasteiger partial charge is 0.253 e. The lowest BCUT2D eigenvalue weighted by Gasteiger charge is -2.24. The van der Waals surface area contributed by atoms with Crippen molar-refractivity contribution in [2.45, 2.75) is 12.1 Å². The zero-order chi connectivity index (χ0) is 20.1. The van der Waals surface area contributed by atoms with E-state index >= 15 is 0 Å². The van der Waals surface area contributed by atoms with Crippen molar-refractivity contribution in [3.63, 3.8) is 0 Å². The van der Waals surface area contributed by atoms with Crippen LogP contribution in [-0.4, -0.2) is 35.1 Å². The summed E-state index contributed by atoms with van der Waals surface area (Å²) in [5.41, 5.74) is 2.32. The van der Waals surface area contributed by atoms with E-state index in [4.69, 9.17) is 0 Å². The molecule has 2 aromatic carbocycles. The maximum Gasteiger partial charge on any atom is 0.253 e. The van der Waals surface area contributed by atoms with Gasteiger partial charge in [-0.15, -0.1) is 0 Å². The third-order valence-corrected chi connectivity index (χ3v) is 6.49. The Bertz CT molecular complexity index is 1080. The zero-order valence-corrected chi connectivity index (χ0v) is 17.0. The number of rotatable bonds is 4. The number of anilines is 1.